The van der Waals surface area contributed by atoms with Gasteiger partial charge in [0.2, 0.25) is 0 Å². The Morgan fingerprint density at radius 3 is 2.65 bits per heavy atom. The molecule has 3 nitrogen and oxygen atoms in total. The van der Waals surface area contributed by atoms with Crippen molar-refractivity contribution >= 4 is 0 Å². The van der Waals surface area contributed by atoms with Crippen molar-refractivity contribution in [2.45, 2.75) is 38.8 Å². The summed E-state index contributed by atoms with van der Waals surface area (Å²) in [4.78, 5) is 2.34. The second-order valence-electron chi connectivity index (χ2n) is 5.72. The van der Waals surface area contributed by atoms with Gasteiger partial charge in [-0.15, -0.1) is 0 Å². The highest BCUT2D eigenvalue weighted by Crippen LogP contribution is 2.18. The predicted molar refractivity (Wildman–Crippen MR) is 84.1 cm³/mol. The zero-order chi connectivity index (χ0) is 14.4. The molecule has 2 rings (SSSR count). The first kappa shape index (κ1) is 15.5. The first-order valence-corrected chi connectivity index (χ1v) is 7.85. The van der Waals surface area contributed by atoms with E-state index in [1.165, 1.54) is 11.1 Å². The van der Waals surface area contributed by atoms with Crippen molar-refractivity contribution in [3.05, 3.63) is 35.4 Å². The summed E-state index contributed by atoms with van der Waals surface area (Å²) in [6.45, 7) is 8.29. The molecular formula is C17H28N2O. The molecule has 1 saturated heterocycles. The van der Waals surface area contributed by atoms with Crippen LogP contribution in [-0.4, -0.2) is 44.3 Å². The molecule has 0 saturated carbocycles. The smallest absolute Gasteiger partial charge is 0.0826 e. The molecule has 2 unspecified atom stereocenters. The Morgan fingerprint density at radius 1 is 1.30 bits per heavy atom. The van der Waals surface area contributed by atoms with Crippen LogP contribution in [0.15, 0.2) is 24.3 Å². The fourth-order valence-electron chi connectivity index (χ4n) is 2.75. The van der Waals surface area contributed by atoms with Crippen molar-refractivity contribution in [3.63, 3.8) is 0 Å². The standard InChI is InChI=1S/C17H28N2O/c1-4-14-6-8-15(9-7-14)17(5-2)18-12-16-13-19(3)10-11-20-16/h6-9,16-18H,4-5,10-13H2,1-3H3. The molecule has 1 aromatic rings. The van der Waals surface area contributed by atoms with Crippen molar-refractivity contribution < 1.29 is 4.74 Å². The van der Waals surface area contributed by atoms with Gasteiger partial charge in [0.25, 0.3) is 0 Å². The topological polar surface area (TPSA) is 24.5 Å². The normalized spacial score (nSPS) is 21.9. The first-order chi connectivity index (χ1) is 9.72. The number of benzene rings is 1. The molecule has 0 aromatic heterocycles. The predicted octanol–water partition coefficient (Wildman–Crippen LogP) is 2.62. The van der Waals surface area contributed by atoms with Crippen LogP contribution in [0.25, 0.3) is 0 Å². The minimum atomic E-state index is 0.317. The molecule has 0 radical (unpaired) electrons. The fraction of sp³-hybridized carbons (Fsp3) is 0.647. The summed E-state index contributed by atoms with van der Waals surface area (Å²) in [5.41, 5.74) is 2.79. The number of aryl methyl sites for hydroxylation is 1. The molecule has 1 N–H and O–H groups in total. The maximum absolute atomic E-state index is 5.81. The van der Waals surface area contributed by atoms with E-state index in [9.17, 15) is 0 Å². The second-order valence-corrected chi connectivity index (χ2v) is 5.72. The van der Waals surface area contributed by atoms with Gasteiger partial charge in [-0.25, -0.2) is 0 Å². The van der Waals surface area contributed by atoms with Gasteiger partial charge in [0, 0.05) is 25.7 Å². The van der Waals surface area contributed by atoms with Crippen LogP contribution >= 0.6 is 0 Å². The lowest BCUT2D eigenvalue weighted by Gasteiger charge is -2.31. The third-order valence-electron chi connectivity index (χ3n) is 4.13. The summed E-state index contributed by atoms with van der Waals surface area (Å²) in [5.74, 6) is 0. The van der Waals surface area contributed by atoms with E-state index in [0.717, 1.165) is 39.1 Å². The van der Waals surface area contributed by atoms with Gasteiger partial charge < -0.3 is 15.0 Å². The van der Waals surface area contributed by atoms with E-state index < -0.39 is 0 Å². The number of ether oxygens (including phenoxy) is 1. The van der Waals surface area contributed by atoms with Crippen LogP contribution in [0.3, 0.4) is 0 Å². The molecule has 0 bridgehead atoms. The van der Waals surface area contributed by atoms with Crippen molar-refractivity contribution in [1.82, 2.24) is 10.2 Å². The number of nitrogens with one attached hydrogen (secondary N) is 1. The van der Waals surface area contributed by atoms with E-state index in [0.29, 0.717) is 12.1 Å². The third-order valence-corrected chi connectivity index (χ3v) is 4.13. The Bertz CT molecular complexity index is 390. The van der Waals surface area contributed by atoms with Crippen molar-refractivity contribution in [1.29, 1.82) is 0 Å². The van der Waals surface area contributed by atoms with E-state index in [4.69, 9.17) is 4.74 Å². The van der Waals surface area contributed by atoms with Crippen LogP contribution in [0.4, 0.5) is 0 Å². The molecule has 112 valence electrons. The maximum Gasteiger partial charge on any atom is 0.0826 e. The molecule has 1 aliphatic heterocycles. The van der Waals surface area contributed by atoms with Crippen molar-refractivity contribution in [2.24, 2.45) is 0 Å². The highest BCUT2D eigenvalue weighted by Gasteiger charge is 2.19. The lowest BCUT2D eigenvalue weighted by atomic mass is 10.0. The largest absolute Gasteiger partial charge is 0.374 e. The summed E-state index contributed by atoms with van der Waals surface area (Å²) >= 11 is 0. The molecular weight excluding hydrogens is 248 g/mol. The minimum Gasteiger partial charge on any atom is -0.374 e. The Kier molecular flexibility index (Phi) is 6.02. The van der Waals surface area contributed by atoms with Crippen LogP contribution < -0.4 is 5.32 Å². The molecule has 3 heteroatoms. The number of nitrogens with zero attached hydrogens (tertiary/aromatic N) is 1. The van der Waals surface area contributed by atoms with E-state index in [1.54, 1.807) is 0 Å². The van der Waals surface area contributed by atoms with Gasteiger partial charge in [-0.2, -0.15) is 0 Å². The second kappa shape index (κ2) is 7.77. The number of rotatable bonds is 6. The van der Waals surface area contributed by atoms with Crippen LogP contribution in [0.2, 0.25) is 0 Å². The monoisotopic (exact) mass is 276 g/mol. The third kappa shape index (κ3) is 4.30. The fourth-order valence-corrected chi connectivity index (χ4v) is 2.75. The van der Waals surface area contributed by atoms with Gasteiger partial charge in [0.05, 0.1) is 12.7 Å². The Labute approximate surface area is 123 Å². The quantitative estimate of drug-likeness (QED) is 0.864. The minimum absolute atomic E-state index is 0.317. The van der Waals surface area contributed by atoms with Crippen LogP contribution in [-0.2, 0) is 11.2 Å². The summed E-state index contributed by atoms with van der Waals surface area (Å²) in [5, 5.41) is 3.66. The summed E-state index contributed by atoms with van der Waals surface area (Å²) < 4.78 is 5.81. The Hall–Kier alpha value is -0.900. The highest BCUT2D eigenvalue weighted by molar-refractivity contribution is 5.25. The van der Waals surface area contributed by atoms with Crippen molar-refractivity contribution in [2.75, 3.05) is 33.3 Å². The van der Waals surface area contributed by atoms with Gasteiger partial charge in [0.1, 0.15) is 0 Å². The molecule has 0 spiro atoms. The SMILES string of the molecule is CCc1ccc(C(CC)NCC2CN(C)CCO2)cc1. The summed E-state index contributed by atoms with van der Waals surface area (Å²) in [6, 6.07) is 9.42. The van der Waals surface area contributed by atoms with E-state index in [2.05, 4.69) is 55.4 Å². The Balaban J connectivity index is 1.87. The van der Waals surface area contributed by atoms with E-state index in [-0.39, 0.29) is 0 Å². The van der Waals surface area contributed by atoms with Gasteiger partial charge in [-0.05, 0) is 31.0 Å². The van der Waals surface area contributed by atoms with Crippen molar-refractivity contribution in [3.8, 4) is 0 Å². The number of morpholine rings is 1. The lowest BCUT2D eigenvalue weighted by Crippen LogP contribution is -2.45. The average molecular weight is 276 g/mol. The highest BCUT2D eigenvalue weighted by atomic mass is 16.5. The van der Waals surface area contributed by atoms with E-state index in [1.807, 2.05) is 0 Å². The first-order valence-electron chi connectivity index (χ1n) is 7.85. The van der Waals surface area contributed by atoms with Crippen LogP contribution in [0.1, 0.15) is 37.4 Å². The molecule has 1 aromatic carbocycles. The maximum atomic E-state index is 5.81. The summed E-state index contributed by atoms with van der Waals surface area (Å²) in [6.07, 6.45) is 2.53. The molecule has 2 atom stereocenters. The number of hydrogen-bond acceptors (Lipinski definition) is 3. The molecule has 1 heterocycles. The number of likely N-dealkylation sites (N-methyl/N-ethyl adjacent to an activating group) is 1. The Morgan fingerprint density at radius 2 is 2.05 bits per heavy atom. The van der Waals surface area contributed by atoms with Crippen LogP contribution in [0, 0.1) is 0 Å². The average Bonchev–Trinajstić information content (AvgIpc) is 2.48. The molecule has 1 aliphatic rings. The molecule has 1 fully saturated rings. The molecule has 0 aliphatic carbocycles. The molecule has 20 heavy (non-hydrogen) atoms. The van der Waals surface area contributed by atoms with Gasteiger partial charge >= 0.3 is 0 Å². The zero-order valence-corrected chi connectivity index (χ0v) is 13.1. The lowest BCUT2D eigenvalue weighted by molar-refractivity contribution is -0.0193. The van der Waals surface area contributed by atoms with Gasteiger partial charge in [-0.3, -0.25) is 0 Å². The molecule has 0 amide bonds. The zero-order valence-electron chi connectivity index (χ0n) is 13.1. The van der Waals surface area contributed by atoms with Crippen LogP contribution in [0.5, 0.6) is 0 Å². The number of hydrogen-bond donors (Lipinski definition) is 1. The van der Waals surface area contributed by atoms with E-state index >= 15 is 0 Å². The van der Waals surface area contributed by atoms with Gasteiger partial charge in [0.15, 0.2) is 0 Å². The van der Waals surface area contributed by atoms with Gasteiger partial charge in [-0.1, -0.05) is 38.1 Å². The summed E-state index contributed by atoms with van der Waals surface area (Å²) in [7, 11) is 2.16.